The molecule has 1 atom stereocenters. The first-order valence-corrected chi connectivity index (χ1v) is 7.17. The maximum Gasteiger partial charge on any atom is 0.0776 e. The third-order valence-electron chi connectivity index (χ3n) is 3.82. The Morgan fingerprint density at radius 2 is 2.22 bits per heavy atom. The Hall–Kier alpha value is -1.26. The summed E-state index contributed by atoms with van der Waals surface area (Å²) in [4.78, 5) is 1.07. The predicted molar refractivity (Wildman–Crippen MR) is 73.7 cm³/mol. The summed E-state index contributed by atoms with van der Waals surface area (Å²) >= 11 is 1.40. The Bertz CT molecular complexity index is 545. The van der Waals surface area contributed by atoms with Gasteiger partial charge in [0.25, 0.3) is 0 Å². The summed E-state index contributed by atoms with van der Waals surface area (Å²) in [5.41, 5.74) is 9.88. The van der Waals surface area contributed by atoms with Gasteiger partial charge < -0.3 is 5.73 Å². The minimum atomic E-state index is -0.0926. The molecule has 4 heteroatoms. The van der Waals surface area contributed by atoms with Gasteiger partial charge in [0.2, 0.25) is 0 Å². The zero-order valence-corrected chi connectivity index (χ0v) is 11.3. The van der Waals surface area contributed by atoms with E-state index < -0.39 is 0 Å². The van der Waals surface area contributed by atoms with Gasteiger partial charge in [0.15, 0.2) is 0 Å². The van der Waals surface area contributed by atoms with Crippen molar-refractivity contribution in [3.8, 4) is 0 Å². The van der Waals surface area contributed by atoms with E-state index in [1.54, 1.807) is 0 Å². The van der Waals surface area contributed by atoms with Crippen LogP contribution in [0.2, 0.25) is 0 Å². The molecule has 1 saturated carbocycles. The second kappa shape index (κ2) is 4.78. The molecular weight excluding hydrogens is 242 g/mol. The summed E-state index contributed by atoms with van der Waals surface area (Å²) in [6, 6.07) is 8.61. The lowest BCUT2D eigenvalue weighted by molar-refractivity contribution is 0.419. The smallest absolute Gasteiger partial charge is 0.0776 e. The molecule has 2 N–H and O–H groups in total. The highest BCUT2D eigenvalue weighted by molar-refractivity contribution is 7.05. The summed E-state index contributed by atoms with van der Waals surface area (Å²) in [6.07, 6.45) is 4.00. The molecule has 1 unspecified atom stereocenters. The molecule has 0 bridgehead atoms. The largest absolute Gasteiger partial charge is 0.320 e. The van der Waals surface area contributed by atoms with Crippen molar-refractivity contribution in [1.29, 1.82) is 0 Å². The molecule has 1 fully saturated rings. The van der Waals surface area contributed by atoms with Crippen LogP contribution in [-0.4, -0.2) is 9.59 Å². The molecule has 0 aliphatic heterocycles. The fourth-order valence-corrected chi connectivity index (χ4v) is 3.10. The molecule has 3 rings (SSSR count). The van der Waals surface area contributed by atoms with Crippen LogP contribution in [0.5, 0.6) is 0 Å². The van der Waals surface area contributed by atoms with Gasteiger partial charge in [-0.3, -0.25) is 0 Å². The lowest BCUT2D eigenvalue weighted by atomic mass is 9.79. The minimum absolute atomic E-state index is 0.0926. The topological polar surface area (TPSA) is 51.8 Å². The zero-order chi connectivity index (χ0) is 12.5. The van der Waals surface area contributed by atoms with Crippen LogP contribution < -0.4 is 5.73 Å². The summed E-state index contributed by atoms with van der Waals surface area (Å²) in [5.74, 6) is 0.748. The average molecular weight is 259 g/mol. The third kappa shape index (κ3) is 2.06. The highest BCUT2D eigenvalue weighted by atomic mass is 32.1. The van der Waals surface area contributed by atoms with Crippen LogP contribution in [0.15, 0.2) is 24.3 Å². The van der Waals surface area contributed by atoms with E-state index in [2.05, 4.69) is 33.9 Å². The first-order chi connectivity index (χ1) is 8.75. The molecule has 1 aromatic heterocycles. The maximum atomic E-state index is 6.32. The van der Waals surface area contributed by atoms with E-state index in [1.165, 1.54) is 41.9 Å². The number of nitrogens with zero attached hydrogens (tertiary/aromatic N) is 2. The van der Waals surface area contributed by atoms with E-state index in [4.69, 9.17) is 5.73 Å². The second-order valence-electron chi connectivity index (χ2n) is 5.00. The van der Waals surface area contributed by atoms with Crippen molar-refractivity contribution in [2.75, 3.05) is 0 Å². The molecule has 0 amide bonds. The molecule has 3 nitrogen and oxygen atoms in total. The predicted octanol–water partition coefficient (Wildman–Crippen LogP) is 3.16. The van der Waals surface area contributed by atoms with Crippen LogP contribution in [-0.2, 0) is 0 Å². The second-order valence-corrected chi connectivity index (χ2v) is 5.78. The average Bonchev–Trinajstić information content (AvgIpc) is 2.73. The van der Waals surface area contributed by atoms with Gasteiger partial charge in [-0.2, -0.15) is 0 Å². The Labute approximate surface area is 111 Å². The number of aryl methyl sites for hydroxylation is 1. The van der Waals surface area contributed by atoms with Crippen molar-refractivity contribution in [3.05, 3.63) is 46.0 Å². The van der Waals surface area contributed by atoms with Gasteiger partial charge in [0.05, 0.1) is 16.6 Å². The number of aromatic nitrogens is 2. The molecule has 18 heavy (non-hydrogen) atoms. The molecular formula is C14H17N3S. The number of hydrogen-bond donors (Lipinski definition) is 1. The van der Waals surface area contributed by atoms with E-state index in [-0.39, 0.29) is 6.04 Å². The molecule has 1 aliphatic rings. The van der Waals surface area contributed by atoms with Gasteiger partial charge in [-0.1, -0.05) is 35.2 Å². The van der Waals surface area contributed by atoms with E-state index in [0.29, 0.717) is 0 Å². The van der Waals surface area contributed by atoms with Crippen LogP contribution in [0, 0.1) is 6.92 Å². The summed E-state index contributed by atoms with van der Waals surface area (Å²) in [6.45, 7) is 1.97. The molecule has 0 spiro atoms. The molecule has 94 valence electrons. The van der Waals surface area contributed by atoms with E-state index in [1.807, 2.05) is 6.92 Å². The Kier molecular flexibility index (Phi) is 3.14. The molecule has 0 saturated heterocycles. The van der Waals surface area contributed by atoms with Crippen molar-refractivity contribution < 1.29 is 0 Å². The SMILES string of the molecule is Cc1nnsc1C(N)c1cccc(C2CCC2)c1. The van der Waals surface area contributed by atoms with E-state index in [9.17, 15) is 0 Å². The Balaban J connectivity index is 1.89. The van der Waals surface area contributed by atoms with Gasteiger partial charge in [-0.05, 0) is 48.3 Å². The first-order valence-electron chi connectivity index (χ1n) is 6.40. The van der Waals surface area contributed by atoms with Crippen molar-refractivity contribution >= 4 is 11.5 Å². The quantitative estimate of drug-likeness (QED) is 0.921. The van der Waals surface area contributed by atoms with Gasteiger partial charge in [-0.15, -0.1) is 5.10 Å². The van der Waals surface area contributed by atoms with Crippen LogP contribution >= 0.6 is 11.5 Å². The fourth-order valence-electron chi connectivity index (χ4n) is 2.42. The molecule has 0 radical (unpaired) electrons. The Morgan fingerprint density at radius 1 is 1.39 bits per heavy atom. The molecule has 1 heterocycles. The van der Waals surface area contributed by atoms with Crippen molar-refractivity contribution in [1.82, 2.24) is 9.59 Å². The van der Waals surface area contributed by atoms with Crippen LogP contribution in [0.4, 0.5) is 0 Å². The Morgan fingerprint density at radius 3 is 2.83 bits per heavy atom. The molecule has 1 aromatic carbocycles. The fraction of sp³-hybridized carbons (Fsp3) is 0.429. The first kappa shape index (κ1) is 11.8. The lowest BCUT2D eigenvalue weighted by Gasteiger charge is -2.26. The summed E-state index contributed by atoms with van der Waals surface area (Å²) in [7, 11) is 0. The summed E-state index contributed by atoms with van der Waals surface area (Å²) in [5, 5.41) is 4.04. The normalized spacial score (nSPS) is 17.4. The summed E-state index contributed by atoms with van der Waals surface area (Å²) < 4.78 is 3.96. The minimum Gasteiger partial charge on any atom is -0.320 e. The van der Waals surface area contributed by atoms with Gasteiger partial charge in [0.1, 0.15) is 0 Å². The number of hydrogen-bond acceptors (Lipinski definition) is 4. The molecule has 1 aliphatic carbocycles. The van der Waals surface area contributed by atoms with Crippen LogP contribution in [0.1, 0.15) is 52.9 Å². The van der Waals surface area contributed by atoms with Crippen LogP contribution in [0.3, 0.4) is 0 Å². The monoisotopic (exact) mass is 259 g/mol. The highest BCUT2D eigenvalue weighted by Crippen LogP contribution is 2.37. The van der Waals surface area contributed by atoms with Crippen molar-refractivity contribution in [2.45, 2.75) is 38.1 Å². The van der Waals surface area contributed by atoms with Gasteiger partial charge >= 0.3 is 0 Å². The lowest BCUT2D eigenvalue weighted by Crippen LogP contribution is -2.14. The maximum absolute atomic E-state index is 6.32. The van der Waals surface area contributed by atoms with Gasteiger partial charge in [-0.25, -0.2) is 0 Å². The van der Waals surface area contributed by atoms with Crippen LogP contribution in [0.25, 0.3) is 0 Å². The van der Waals surface area contributed by atoms with Gasteiger partial charge in [0, 0.05) is 0 Å². The highest BCUT2D eigenvalue weighted by Gasteiger charge is 2.21. The van der Waals surface area contributed by atoms with E-state index >= 15 is 0 Å². The number of benzene rings is 1. The standard InChI is InChI=1S/C14H17N3S/c1-9-14(18-17-16-9)13(15)12-7-3-6-11(8-12)10-4-2-5-10/h3,6-8,10,13H,2,4-5,15H2,1H3. The van der Waals surface area contributed by atoms with E-state index in [0.717, 1.165) is 16.5 Å². The zero-order valence-electron chi connectivity index (χ0n) is 10.5. The molecule has 2 aromatic rings. The van der Waals surface area contributed by atoms with Crippen molar-refractivity contribution in [2.24, 2.45) is 5.73 Å². The number of rotatable bonds is 3. The van der Waals surface area contributed by atoms with Crippen molar-refractivity contribution in [3.63, 3.8) is 0 Å². The number of nitrogens with two attached hydrogens (primary N) is 1. The third-order valence-corrected chi connectivity index (χ3v) is 4.72.